The molecule has 3 nitrogen and oxygen atoms in total. The monoisotopic (exact) mass is 200 g/mol. The van der Waals surface area contributed by atoms with Crippen LogP contribution in [-0.4, -0.2) is 60.8 Å². The third kappa shape index (κ3) is 2.69. The molecule has 1 N–H and O–H groups in total. The van der Waals surface area contributed by atoms with Crippen molar-refractivity contribution < 1.29 is 5.11 Å². The number of nitrogens with zero attached hydrogens (tertiary/aromatic N) is 2. The van der Waals surface area contributed by atoms with E-state index in [1.165, 1.54) is 19.3 Å². The summed E-state index contributed by atoms with van der Waals surface area (Å²) in [5, 5.41) is 9.29. The Bertz CT molecular complexity index is 176. The number of aliphatic hydroxyl groups excluding tert-OH is 1. The van der Waals surface area contributed by atoms with E-state index in [9.17, 15) is 5.11 Å². The van der Waals surface area contributed by atoms with E-state index < -0.39 is 0 Å². The molecule has 1 aliphatic rings. The minimum atomic E-state index is -0.223. The lowest BCUT2D eigenvalue weighted by molar-refractivity contribution is 0.0170. The molecule has 1 saturated carbocycles. The summed E-state index contributed by atoms with van der Waals surface area (Å²) in [7, 11) is 6.42. The van der Waals surface area contributed by atoms with Crippen molar-refractivity contribution in [1.82, 2.24) is 9.80 Å². The Morgan fingerprint density at radius 2 is 1.86 bits per heavy atom. The standard InChI is InChI=1S/C11H24N2O/c1-10(14)8-13(4)9-11(12(2)3)6-5-7-11/h10,14H,5-9H2,1-4H3/t10-/m0/s1. The van der Waals surface area contributed by atoms with E-state index in [1.807, 2.05) is 6.92 Å². The van der Waals surface area contributed by atoms with Crippen molar-refractivity contribution in [3.8, 4) is 0 Å². The van der Waals surface area contributed by atoms with Gasteiger partial charge in [0.05, 0.1) is 6.10 Å². The maximum absolute atomic E-state index is 9.29. The van der Waals surface area contributed by atoms with Gasteiger partial charge in [-0.05, 0) is 47.3 Å². The van der Waals surface area contributed by atoms with E-state index in [4.69, 9.17) is 0 Å². The van der Waals surface area contributed by atoms with E-state index >= 15 is 0 Å². The average Bonchev–Trinajstić information content (AvgIpc) is 1.94. The van der Waals surface area contributed by atoms with Gasteiger partial charge in [-0.3, -0.25) is 0 Å². The first-order chi connectivity index (χ1) is 6.46. The second-order valence-electron chi connectivity index (χ2n) is 5.02. The van der Waals surface area contributed by atoms with Gasteiger partial charge in [-0.15, -0.1) is 0 Å². The molecule has 0 aromatic carbocycles. The van der Waals surface area contributed by atoms with Crippen LogP contribution in [0.2, 0.25) is 0 Å². The zero-order valence-electron chi connectivity index (χ0n) is 9.95. The molecule has 0 spiro atoms. The summed E-state index contributed by atoms with van der Waals surface area (Å²) in [5.41, 5.74) is 0.379. The van der Waals surface area contributed by atoms with Crippen molar-refractivity contribution in [2.24, 2.45) is 0 Å². The van der Waals surface area contributed by atoms with Gasteiger partial charge < -0.3 is 14.9 Å². The minimum absolute atomic E-state index is 0.223. The van der Waals surface area contributed by atoms with Crippen molar-refractivity contribution in [2.75, 3.05) is 34.2 Å². The summed E-state index contributed by atoms with van der Waals surface area (Å²) < 4.78 is 0. The van der Waals surface area contributed by atoms with Crippen molar-refractivity contribution in [1.29, 1.82) is 0 Å². The number of aliphatic hydroxyl groups is 1. The fourth-order valence-electron chi connectivity index (χ4n) is 2.35. The van der Waals surface area contributed by atoms with E-state index in [2.05, 4.69) is 30.9 Å². The second-order valence-corrected chi connectivity index (χ2v) is 5.02. The molecular weight excluding hydrogens is 176 g/mol. The third-order valence-corrected chi connectivity index (χ3v) is 3.37. The lowest BCUT2D eigenvalue weighted by Gasteiger charge is -2.49. The normalized spacial score (nSPS) is 22.5. The van der Waals surface area contributed by atoms with Gasteiger partial charge >= 0.3 is 0 Å². The highest BCUT2D eigenvalue weighted by Crippen LogP contribution is 2.36. The Labute approximate surface area is 87.7 Å². The van der Waals surface area contributed by atoms with Crippen molar-refractivity contribution in [2.45, 2.75) is 37.8 Å². The molecule has 1 fully saturated rings. The fraction of sp³-hybridized carbons (Fsp3) is 1.00. The van der Waals surface area contributed by atoms with Crippen LogP contribution in [0.25, 0.3) is 0 Å². The molecule has 0 aliphatic heterocycles. The Kier molecular flexibility index (Phi) is 3.93. The Morgan fingerprint density at radius 3 is 2.14 bits per heavy atom. The van der Waals surface area contributed by atoms with Crippen LogP contribution >= 0.6 is 0 Å². The van der Waals surface area contributed by atoms with Crippen molar-refractivity contribution in [3.63, 3.8) is 0 Å². The molecule has 0 aromatic rings. The zero-order chi connectivity index (χ0) is 10.8. The largest absolute Gasteiger partial charge is 0.392 e. The highest BCUT2D eigenvalue weighted by Gasteiger charge is 2.39. The van der Waals surface area contributed by atoms with E-state index in [0.717, 1.165) is 13.1 Å². The highest BCUT2D eigenvalue weighted by molar-refractivity contribution is 4.97. The molecule has 0 unspecified atom stereocenters. The molecule has 3 heteroatoms. The average molecular weight is 200 g/mol. The molecule has 0 aromatic heterocycles. The fourth-order valence-corrected chi connectivity index (χ4v) is 2.35. The predicted molar refractivity (Wildman–Crippen MR) is 59.4 cm³/mol. The molecule has 0 heterocycles. The minimum Gasteiger partial charge on any atom is -0.392 e. The summed E-state index contributed by atoms with van der Waals surface area (Å²) in [6.45, 7) is 3.69. The molecule has 0 bridgehead atoms. The van der Waals surface area contributed by atoms with Gasteiger partial charge in [-0.2, -0.15) is 0 Å². The smallest absolute Gasteiger partial charge is 0.0638 e. The van der Waals surface area contributed by atoms with Gasteiger partial charge in [-0.25, -0.2) is 0 Å². The molecule has 14 heavy (non-hydrogen) atoms. The number of hydrogen-bond acceptors (Lipinski definition) is 3. The molecule has 0 radical (unpaired) electrons. The van der Waals surface area contributed by atoms with Crippen LogP contribution in [0.3, 0.4) is 0 Å². The summed E-state index contributed by atoms with van der Waals surface area (Å²) in [6, 6.07) is 0. The highest BCUT2D eigenvalue weighted by atomic mass is 16.3. The molecule has 1 aliphatic carbocycles. The van der Waals surface area contributed by atoms with Crippen LogP contribution in [0.1, 0.15) is 26.2 Å². The molecular formula is C11H24N2O. The van der Waals surface area contributed by atoms with Crippen LogP contribution in [-0.2, 0) is 0 Å². The Hall–Kier alpha value is -0.120. The van der Waals surface area contributed by atoms with E-state index in [1.54, 1.807) is 0 Å². The van der Waals surface area contributed by atoms with Crippen LogP contribution in [0.4, 0.5) is 0 Å². The zero-order valence-corrected chi connectivity index (χ0v) is 9.95. The van der Waals surface area contributed by atoms with E-state index in [-0.39, 0.29) is 6.10 Å². The molecule has 1 atom stereocenters. The summed E-state index contributed by atoms with van der Waals surface area (Å²) in [6.07, 6.45) is 3.72. The van der Waals surface area contributed by atoms with Crippen LogP contribution < -0.4 is 0 Å². The third-order valence-electron chi connectivity index (χ3n) is 3.37. The number of rotatable bonds is 5. The lowest BCUT2D eigenvalue weighted by atomic mass is 9.75. The van der Waals surface area contributed by atoms with Gasteiger partial charge in [0.1, 0.15) is 0 Å². The molecule has 1 rings (SSSR count). The van der Waals surface area contributed by atoms with Crippen LogP contribution in [0.5, 0.6) is 0 Å². The van der Waals surface area contributed by atoms with Gasteiger partial charge in [-0.1, -0.05) is 0 Å². The maximum atomic E-state index is 9.29. The SMILES string of the molecule is C[C@H](O)CN(C)CC1(N(C)C)CCC1. The predicted octanol–water partition coefficient (Wildman–Crippen LogP) is 0.783. The maximum Gasteiger partial charge on any atom is 0.0638 e. The first-order valence-corrected chi connectivity index (χ1v) is 5.50. The number of likely N-dealkylation sites (N-methyl/N-ethyl adjacent to an activating group) is 2. The molecule has 0 amide bonds. The number of hydrogen-bond donors (Lipinski definition) is 1. The Morgan fingerprint density at radius 1 is 1.29 bits per heavy atom. The molecule has 84 valence electrons. The second kappa shape index (κ2) is 4.60. The summed E-state index contributed by atoms with van der Waals surface area (Å²) in [5.74, 6) is 0. The van der Waals surface area contributed by atoms with Crippen LogP contribution in [0, 0.1) is 0 Å². The lowest BCUT2D eigenvalue weighted by Crippen LogP contribution is -2.57. The van der Waals surface area contributed by atoms with Gasteiger partial charge in [0, 0.05) is 18.6 Å². The first-order valence-electron chi connectivity index (χ1n) is 5.50. The van der Waals surface area contributed by atoms with Gasteiger partial charge in [0.25, 0.3) is 0 Å². The van der Waals surface area contributed by atoms with E-state index in [0.29, 0.717) is 5.54 Å². The first kappa shape index (κ1) is 12.0. The summed E-state index contributed by atoms with van der Waals surface area (Å²) >= 11 is 0. The van der Waals surface area contributed by atoms with Gasteiger partial charge in [0.15, 0.2) is 0 Å². The topological polar surface area (TPSA) is 26.7 Å². The quantitative estimate of drug-likeness (QED) is 0.710. The van der Waals surface area contributed by atoms with Crippen molar-refractivity contribution in [3.05, 3.63) is 0 Å². The van der Waals surface area contributed by atoms with Crippen molar-refractivity contribution >= 4 is 0 Å². The Balaban J connectivity index is 2.40. The summed E-state index contributed by atoms with van der Waals surface area (Å²) in [4.78, 5) is 4.58. The van der Waals surface area contributed by atoms with Gasteiger partial charge in [0.2, 0.25) is 0 Å². The van der Waals surface area contributed by atoms with Crippen LogP contribution in [0.15, 0.2) is 0 Å². The molecule has 0 saturated heterocycles.